The standard InChI is InChI=1S/C7H13NO.C5H6NO.C5H5N.3C3H8/c1-7(9)8-5-3-2-4-6-8;7-6-4-2-1-3-5-6;1-2-4-6-5-3-1;3*1-3-2/h2-6H2,1H3;1-5,7H;1-5H;3*3H2,1-2H3/q;+1;;;;. The minimum absolute atomic E-state index is 0.231. The molecule has 1 fully saturated rings. The minimum atomic E-state index is 0.231. The van der Waals surface area contributed by atoms with Crippen LogP contribution in [0.1, 0.15) is 87.0 Å². The van der Waals surface area contributed by atoms with E-state index in [1.165, 1.54) is 38.5 Å². The number of carbonyl (C=O) groups excluding carboxylic acids is 1. The van der Waals surface area contributed by atoms with E-state index in [-0.39, 0.29) is 5.91 Å². The molecule has 3 heterocycles. The highest BCUT2D eigenvalue weighted by molar-refractivity contribution is 5.73. The highest BCUT2D eigenvalue weighted by atomic mass is 16.5. The van der Waals surface area contributed by atoms with Crippen molar-refractivity contribution in [3.63, 3.8) is 0 Å². The fraction of sp³-hybridized carbons (Fsp3) is 0.577. The van der Waals surface area contributed by atoms with Gasteiger partial charge >= 0.3 is 0 Å². The summed E-state index contributed by atoms with van der Waals surface area (Å²) in [5.41, 5.74) is 0. The fourth-order valence-corrected chi connectivity index (χ4v) is 1.91. The Hall–Kier alpha value is -2.43. The summed E-state index contributed by atoms with van der Waals surface area (Å²) in [4.78, 5) is 16.4. The van der Waals surface area contributed by atoms with Crippen molar-refractivity contribution in [2.24, 2.45) is 0 Å². The van der Waals surface area contributed by atoms with Crippen LogP contribution < -0.4 is 4.73 Å². The predicted octanol–water partition coefficient (Wildman–Crippen LogP) is 6.56. The summed E-state index contributed by atoms with van der Waals surface area (Å²) in [6.07, 6.45) is 14.0. The van der Waals surface area contributed by atoms with E-state index in [1.54, 1.807) is 43.8 Å². The number of aromatic nitrogens is 2. The second-order valence-corrected chi connectivity index (χ2v) is 6.97. The van der Waals surface area contributed by atoms with Crippen molar-refractivity contribution in [3.8, 4) is 0 Å². The Balaban J connectivity index is -0.000000323. The van der Waals surface area contributed by atoms with Gasteiger partial charge in [0.1, 0.15) is 0 Å². The smallest absolute Gasteiger partial charge is 0.222 e. The first-order chi connectivity index (χ1) is 14.9. The Morgan fingerprint density at radius 3 is 1.35 bits per heavy atom. The Morgan fingerprint density at radius 2 is 1.16 bits per heavy atom. The van der Waals surface area contributed by atoms with Gasteiger partial charge in [0.05, 0.1) is 0 Å². The zero-order valence-electron chi connectivity index (χ0n) is 21.1. The number of nitrogens with zero attached hydrogens (tertiary/aromatic N) is 3. The number of likely N-dealkylation sites (tertiary alicyclic amines) is 1. The van der Waals surface area contributed by atoms with Crippen LogP contribution >= 0.6 is 0 Å². The average Bonchev–Trinajstić information content (AvgIpc) is 2.79. The molecule has 1 aliphatic rings. The van der Waals surface area contributed by atoms with Crippen molar-refractivity contribution in [3.05, 3.63) is 61.2 Å². The molecule has 2 aromatic rings. The molecule has 1 saturated heterocycles. The molecule has 0 spiro atoms. The van der Waals surface area contributed by atoms with Crippen LogP contribution in [0.3, 0.4) is 0 Å². The van der Waals surface area contributed by atoms with Gasteiger partial charge in [-0.15, -0.1) is 0 Å². The van der Waals surface area contributed by atoms with Crippen LogP contribution in [0.2, 0.25) is 0 Å². The topological polar surface area (TPSA) is 57.3 Å². The van der Waals surface area contributed by atoms with E-state index in [2.05, 4.69) is 46.5 Å². The lowest BCUT2D eigenvalue weighted by Gasteiger charge is -2.24. The Bertz CT molecular complexity index is 514. The third-order valence-corrected chi connectivity index (χ3v) is 3.07. The zero-order chi connectivity index (χ0) is 24.2. The summed E-state index contributed by atoms with van der Waals surface area (Å²) in [5.74, 6) is 0.231. The van der Waals surface area contributed by atoms with Gasteiger partial charge in [-0.25, -0.2) is 0 Å². The Labute approximate surface area is 192 Å². The maximum atomic E-state index is 10.7. The second kappa shape index (κ2) is 29.8. The van der Waals surface area contributed by atoms with E-state index in [1.807, 2.05) is 29.2 Å². The third kappa shape index (κ3) is 32.4. The molecule has 2 aromatic heterocycles. The summed E-state index contributed by atoms with van der Waals surface area (Å²) < 4.78 is 1.00. The van der Waals surface area contributed by atoms with E-state index in [0.717, 1.165) is 17.8 Å². The number of amides is 1. The monoisotopic (exact) mass is 434 g/mol. The van der Waals surface area contributed by atoms with E-state index in [4.69, 9.17) is 5.21 Å². The molecular formula is C26H48N3O2+. The van der Waals surface area contributed by atoms with Gasteiger partial charge in [-0.05, 0) is 31.4 Å². The maximum absolute atomic E-state index is 10.7. The van der Waals surface area contributed by atoms with Gasteiger partial charge < -0.3 is 4.90 Å². The third-order valence-electron chi connectivity index (χ3n) is 3.07. The van der Waals surface area contributed by atoms with Gasteiger partial charge in [0.25, 0.3) is 0 Å². The molecule has 31 heavy (non-hydrogen) atoms. The van der Waals surface area contributed by atoms with Gasteiger partial charge in [0, 0.05) is 49.3 Å². The first-order valence-corrected chi connectivity index (χ1v) is 11.7. The molecule has 3 rings (SSSR count). The highest BCUT2D eigenvalue weighted by Crippen LogP contribution is 2.07. The van der Waals surface area contributed by atoms with Crippen LogP contribution in [0.15, 0.2) is 61.2 Å². The second-order valence-electron chi connectivity index (χ2n) is 6.97. The van der Waals surface area contributed by atoms with Crippen molar-refractivity contribution in [2.45, 2.75) is 87.0 Å². The molecule has 5 nitrogen and oxygen atoms in total. The van der Waals surface area contributed by atoms with E-state index in [9.17, 15) is 4.79 Å². The van der Waals surface area contributed by atoms with Crippen LogP contribution in [-0.2, 0) is 4.79 Å². The molecule has 5 heteroatoms. The quantitative estimate of drug-likeness (QED) is 0.377. The minimum Gasteiger partial charge on any atom is -0.343 e. The van der Waals surface area contributed by atoms with Crippen LogP contribution in [0.4, 0.5) is 0 Å². The van der Waals surface area contributed by atoms with Crippen molar-refractivity contribution in [1.29, 1.82) is 0 Å². The molecule has 0 radical (unpaired) electrons. The largest absolute Gasteiger partial charge is 0.343 e. The first-order valence-electron chi connectivity index (χ1n) is 11.7. The van der Waals surface area contributed by atoms with Crippen molar-refractivity contribution in [1.82, 2.24) is 9.88 Å². The Kier molecular flexibility index (Phi) is 31.9. The van der Waals surface area contributed by atoms with Crippen molar-refractivity contribution in [2.75, 3.05) is 13.1 Å². The average molecular weight is 435 g/mol. The fourth-order valence-electron chi connectivity index (χ4n) is 1.91. The molecule has 1 aliphatic heterocycles. The number of carbonyl (C=O) groups is 1. The van der Waals surface area contributed by atoms with Gasteiger partial charge in [-0.2, -0.15) is 0 Å². The van der Waals surface area contributed by atoms with Crippen LogP contribution in [0.5, 0.6) is 0 Å². The summed E-state index contributed by atoms with van der Waals surface area (Å²) in [6.45, 7) is 16.4. The SMILES string of the molecule is CC(=O)N1CCCCC1.CCC.CCC.CCC.O[n+]1ccccc1.c1ccncc1. The van der Waals surface area contributed by atoms with Crippen LogP contribution in [0.25, 0.3) is 0 Å². The van der Waals surface area contributed by atoms with Crippen LogP contribution in [-0.4, -0.2) is 34.1 Å². The molecule has 1 amide bonds. The normalized spacial score (nSPS) is 11.0. The summed E-state index contributed by atoms with van der Waals surface area (Å²) in [7, 11) is 0. The van der Waals surface area contributed by atoms with E-state index < -0.39 is 0 Å². The number of rotatable bonds is 0. The highest BCUT2D eigenvalue weighted by Gasteiger charge is 2.10. The molecule has 0 atom stereocenters. The molecule has 0 bridgehead atoms. The van der Waals surface area contributed by atoms with Gasteiger partial charge in [0.2, 0.25) is 18.3 Å². The Morgan fingerprint density at radius 1 is 0.774 bits per heavy atom. The molecule has 178 valence electrons. The number of piperidine rings is 1. The van der Waals surface area contributed by atoms with Crippen molar-refractivity contribution < 1.29 is 14.7 Å². The van der Waals surface area contributed by atoms with Crippen LogP contribution in [0, 0.1) is 0 Å². The molecule has 0 unspecified atom stereocenters. The lowest BCUT2D eigenvalue weighted by Crippen LogP contribution is -2.33. The summed E-state index contributed by atoms with van der Waals surface area (Å²) in [5, 5.41) is 8.55. The molecule has 1 N–H and O–H groups in total. The van der Waals surface area contributed by atoms with Gasteiger partial charge in [-0.3, -0.25) is 15.0 Å². The van der Waals surface area contributed by atoms with E-state index >= 15 is 0 Å². The first kappa shape index (κ1) is 33.2. The molecule has 0 aliphatic carbocycles. The zero-order valence-corrected chi connectivity index (χ0v) is 21.1. The van der Waals surface area contributed by atoms with Gasteiger partial charge in [-0.1, -0.05) is 72.9 Å². The lowest BCUT2D eigenvalue weighted by atomic mass is 10.1. The van der Waals surface area contributed by atoms with E-state index in [0.29, 0.717) is 0 Å². The van der Waals surface area contributed by atoms with Crippen molar-refractivity contribution >= 4 is 5.91 Å². The molecule has 0 aromatic carbocycles. The molecular weight excluding hydrogens is 386 g/mol. The number of pyridine rings is 2. The number of hydrogen-bond acceptors (Lipinski definition) is 3. The predicted molar refractivity (Wildman–Crippen MR) is 132 cm³/mol. The maximum Gasteiger partial charge on any atom is 0.222 e. The summed E-state index contributed by atoms with van der Waals surface area (Å²) >= 11 is 0. The number of hydrogen-bond donors (Lipinski definition) is 1. The molecule has 0 saturated carbocycles. The summed E-state index contributed by atoms with van der Waals surface area (Å²) in [6, 6.07) is 11.1. The lowest BCUT2D eigenvalue weighted by molar-refractivity contribution is -0.904. The van der Waals surface area contributed by atoms with Gasteiger partial charge in [0.15, 0.2) is 0 Å².